The molecule has 1 N–H and O–H groups in total. The molecule has 4 rings (SSSR count). The molecular formula is C24H21N3O3. The molecule has 0 radical (unpaired) electrons. The van der Waals surface area contributed by atoms with E-state index < -0.39 is 0 Å². The minimum Gasteiger partial charge on any atom is -0.493 e. The topological polar surface area (TPSA) is 65.4 Å². The number of nitrogens with zero attached hydrogens (tertiary/aromatic N) is 2. The third-order valence-corrected chi connectivity index (χ3v) is 4.66. The maximum Gasteiger partial charge on any atom is 0.259 e. The predicted octanol–water partition coefficient (Wildman–Crippen LogP) is 5.23. The second-order valence-electron chi connectivity index (χ2n) is 6.62. The molecular weight excluding hydrogens is 378 g/mol. The quantitative estimate of drug-likeness (QED) is 0.482. The number of ether oxygens (including phenoxy) is 2. The smallest absolute Gasteiger partial charge is 0.259 e. The summed E-state index contributed by atoms with van der Waals surface area (Å²) in [5, 5.41) is 7.25. The van der Waals surface area contributed by atoms with Crippen LogP contribution in [0.15, 0.2) is 85.1 Å². The standard InChI is InChI=1S/C24H21N3O3/c1-17-21(16-25-27(17)19-8-4-3-5-9-19)24(28)26-18-12-14-20(15-13-18)30-23-11-7-6-10-22(23)29-2/h3-16H,1-2H3,(H,26,28). The maximum atomic E-state index is 12.7. The van der Waals surface area contributed by atoms with Gasteiger partial charge in [-0.15, -0.1) is 0 Å². The van der Waals surface area contributed by atoms with E-state index in [-0.39, 0.29) is 5.91 Å². The van der Waals surface area contributed by atoms with Gasteiger partial charge >= 0.3 is 0 Å². The average Bonchev–Trinajstić information content (AvgIpc) is 3.17. The van der Waals surface area contributed by atoms with Crippen molar-refractivity contribution in [1.29, 1.82) is 0 Å². The van der Waals surface area contributed by atoms with Crippen LogP contribution in [0.2, 0.25) is 0 Å². The van der Waals surface area contributed by atoms with E-state index in [1.54, 1.807) is 42.3 Å². The highest BCUT2D eigenvalue weighted by Gasteiger charge is 2.15. The van der Waals surface area contributed by atoms with Crippen LogP contribution in [0.3, 0.4) is 0 Å². The van der Waals surface area contributed by atoms with Crippen LogP contribution in [-0.2, 0) is 0 Å². The molecule has 0 saturated carbocycles. The van der Waals surface area contributed by atoms with Crippen molar-refractivity contribution in [3.8, 4) is 22.9 Å². The van der Waals surface area contributed by atoms with Crippen LogP contribution < -0.4 is 14.8 Å². The van der Waals surface area contributed by atoms with Gasteiger partial charge in [0.25, 0.3) is 5.91 Å². The Kier molecular flexibility index (Phi) is 5.48. The summed E-state index contributed by atoms with van der Waals surface area (Å²) >= 11 is 0. The first-order valence-corrected chi connectivity index (χ1v) is 9.48. The molecule has 0 spiro atoms. The number of anilines is 1. The highest BCUT2D eigenvalue weighted by Crippen LogP contribution is 2.31. The van der Waals surface area contributed by atoms with Gasteiger partial charge in [0.15, 0.2) is 11.5 Å². The van der Waals surface area contributed by atoms with Gasteiger partial charge in [-0.25, -0.2) is 4.68 Å². The lowest BCUT2D eigenvalue weighted by atomic mass is 10.2. The van der Waals surface area contributed by atoms with Crippen molar-refractivity contribution in [2.45, 2.75) is 6.92 Å². The van der Waals surface area contributed by atoms with Crippen LogP contribution in [0.25, 0.3) is 5.69 Å². The molecule has 0 aliphatic heterocycles. The van der Waals surface area contributed by atoms with E-state index in [9.17, 15) is 4.79 Å². The number of nitrogens with one attached hydrogen (secondary N) is 1. The fourth-order valence-electron chi connectivity index (χ4n) is 3.10. The summed E-state index contributed by atoms with van der Waals surface area (Å²) in [5.74, 6) is 1.71. The van der Waals surface area contributed by atoms with E-state index in [0.29, 0.717) is 28.5 Å². The Bertz CT molecular complexity index is 1150. The van der Waals surface area contributed by atoms with Gasteiger partial charge in [0, 0.05) is 5.69 Å². The van der Waals surface area contributed by atoms with E-state index in [1.165, 1.54) is 0 Å². The lowest BCUT2D eigenvalue weighted by Gasteiger charge is -2.11. The van der Waals surface area contributed by atoms with Crippen LogP contribution >= 0.6 is 0 Å². The first kappa shape index (κ1) is 19.3. The van der Waals surface area contributed by atoms with E-state index in [1.807, 2.05) is 61.5 Å². The monoisotopic (exact) mass is 399 g/mol. The molecule has 0 atom stereocenters. The summed E-state index contributed by atoms with van der Waals surface area (Å²) in [6.07, 6.45) is 1.58. The second kappa shape index (κ2) is 8.53. The summed E-state index contributed by atoms with van der Waals surface area (Å²) in [4.78, 5) is 12.7. The summed E-state index contributed by atoms with van der Waals surface area (Å²) in [7, 11) is 1.60. The van der Waals surface area contributed by atoms with E-state index in [4.69, 9.17) is 9.47 Å². The third kappa shape index (κ3) is 4.03. The fourth-order valence-corrected chi connectivity index (χ4v) is 3.10. The molecule has 0 aliphatic rings. The second-order valence-corrected chi connectivity index (χ2v) is 6.62. The van der Waals surface area contributed by atoms with Crippen molar-refractivity contribution in [2.24, 2.45) is 0 Å². The van der Waals surface area contributed by atoms with Gasteiger partial charge in [0.2, 0.25) is 0 Å². The van der Waals surface area contributed by atoms with Gasteiger partial charge in [-0.2, -0.15) is 5.10 Å². The molecule has 0 unspecified atom stereocenters. The van der Waals surface area contributed by atoms with Crippen molar-refractivity contribution in [3.63, 3.8) is 0 Å². The van der Waals surface area contributed by atoms with Crippen molar-refractivity contribution in [3.05, 3.63) is 96.3 Å². The number of methoxy groups -OCH3 is 1. The highest BCUT2D eigenvalue weighted by atomic mass is 16.5. The molecule has 0 aliphatic carbocycles. The number of hydrogen-bond donors (Lipinski definition) is 1. The Hall–Kier alpha value is -4.06. The van der Waals surface area contributed by atoms with Crippen molar-refractivity contribution in [2.75, 3.05) is 12.4 Å². The number of hydrogen-bond acceptors (Lipinski definition) is 4. The molecule has 6 nitrogen and oxygen atoms in total. The van der Waals surface area contributed by atoms with Crippen molar-refractivity contribution < 1.29 is 14.3 Å². The molecule has 6 heteroatoms. The van der Waals surface area contributed by atoms with Gasteiger partial charge in [-0.3, -0.25) is 4.79 Å². The summed E-state index contributed by atoms with van der Waals surface area (Å²) in [6, 6.07) is 24.3. The Balaban J connectivity index is 1.46. The molecule has 150 valence electrons. The zero-order valence-corrected chi connectivity index (χ0v) is 16.7. The number of amides is 1. The Morgan fingerprint density at radius 1 is 0.900 bits per heavy atom. The van der Waals surface area contributed by atoms with Crippen molar-refractivity contribution >= 4 is 11.6 Å². The van der Waals surface area contributed by atoms with E-state index >= 15 is 0 Å². The third-order valence-electron chi connectivity index (χ3n) is 4.66. The zero-order valence-electron chi connectivity index (χ0n) is 16.7. The van der Waals surface area contributed by atoms with Gasteiger partial charge in [-0.05, 0) is 55.5 Å². The lowest BCUT2D eigenvalue weighted by Crippen LogP contribution is -2.13. The summed E-state index contributed by atoms with van der Waals surface area (Å²) in [6.45, 7) is 1.87. The van der Waals surface area contributed by atoms with Crippen LogP contribution in [0, 0.1) is 6.92 Å². The SMILES string of the molecule is COc1ccccc1Oc1ccc(NC(=O)c2cnn(-c3ccccc3)c2C)cc1. The Morgan fingerprint density at radius 3 is 2.27 bits per heavy atom. The molecule has 1 aromatic heterocycles. The van der Waals surface area contributed by atoms with Crippen LogP contribution in [0.4, 0.5) is 5.69 Å². The first-order valence-electron chi connectivity index (χ1n) is 9.48. The molecule has 0 saturated heterocycles. The Labute approximate surface area is 174 Å². The van der Waals surface area contributed by atoms with Gasteiger partial charge in [0.05, 0.1) is 30.3 Å². The van der Waals surface area contributed by atoms with Gasteiger partial charge in [-0.1, -0.05) is 30.3 Å². The minimum atomic E-state index is -0.215. The number of aromatic nitrogens is 2. The van der Waals surface area contributed by atoms with E-state index in [0.717, 1.165) is 11.4 Å². The molecule has 0 fully saturated rings. The lowest BCUT2D eigenvalue weighted by molar-refractivity contribution is 0.102. The van der Waals surface area contributed by atoms with Gasteiger partial charge < -0.3 is 14.8 Å². The fraction of sp³-hybridized carbons (Fsp3) is 0.0833. The number of carbonyl (C=O) groups excluding carboxylic acids is 1. The number of carbonyl (C=O) groups is 1. The van der Waals surface area contributed by atoms with Crippen LogP contribution in [-0.4, -0.2) is 22.8 Å². The Morgan fingerprint density at radius 2 is 1.57 bits per heavy atom. The largest absolute Gasteiger partial charge is 0.493 e. The van der Waals surface area contributed by atoms with Gasteiger partial charge in [0.1, 0.15) is 5.75 Å². The summed E-state index contributed by atoms with van der Waals surface area (Å²) in [5.41, 5.74) is 2.87. The maximum absolute atomic E-state index is 12.7. The molecule has 3 aromatic carbocycles. The van der Waals surface area contributed by atoms with E-state index in [2.05, 4.69) is 10.4 Å². The predicted molar refractivity (Wildman–Crippen MR) is 116 cm³/mol. The van der Waals surface area contributed by atoms with Crippen LogP contribution in [0.5, 0.6) is 17.2 Å². The van der Waals surface area contributed by atoms with Crippen LogP contribution in [0.1, 0.15) is 16.1 Å². The number of benzene rings is 3. The molecule has 1 heterocycles. The average molecular weight is 399 g/mol. The number of para-hydroxylation sites is 3. The summed E-state index contributed by atoms with van der Waals surface area (Å²) < 4.78 is 12.9. The highest BCUT2D eigenvalue weighted by molar-refractivity contribution is 6.05. The number of rotatable bonds is 6. The zero-order chi connectivity index (χ0) is 20.9. The van der Waals surface area contributed by atoms with Crippen molar-refractivity contribution in [1.82, 2.24) is 9.78 Å². The molecule has 0 bridgehead atoms. The molecule has 4 aromatic rings. The molecule has 30 heavy (non-hydrogen) atoms. The first-order chi connectivity index (χ1) is 14.7. The minimum absolute atomic E-state index is 0.215. The molecule has 1 amide bonds. The normalized spacial score (nSPS) is 10.5.